The van der Waals surface area contributed by atoms with Crippen LogP contribution < -0.4 is 9.47 Å². The molecule has 1 aromatic carbocycles. The normalized spacial score (nSPS) is 10.6. The van der Waals surface area contributed by atoms with Crippen molar-refractivity contribution in [1.82, 2.24) is 4.90 Å². The fraction of sp³-hybridized carbons (Fsp3) is 0.538. The summed E-state index contributed by atoms with van der Waals surface area (Å²) in [5.74, 6) is 2.24. The Hall–Kier alpha value is -0.930. The summed E-state index contributed by atoms with van der Waals surface area (Å²) in [6.07, 6.45) is 1.01. The fourth-order valence-electron chi connectivity index (χ4n) is 1.70. The number of ether oxygens (including phenoxy) is 2. The van der Waals surface area contributed by atoms with E-state index >= 15 is 0 Å². The van der Waals surface area contributed by atoms with Crippen LogP contribution in [0.15, 0.2) is 18.2 Å². The molecule has 1 rings (SSSR count). The van der Waals surface area contributed by atoms with Gasteiger partial charge in [-0.05, 0) is 37.7 Å². The molecule has 0 aliphatic heterocycles. The van der Waals surface area contributed by atoms with Crippen molar-refractivity contribution < 1.29 is 9.47 Å². The van der Waals surface area contributed by atoms with Crippen molar-refractivity contribution in [2.75, 3.05) is 33.7 Å². The third-order valence-electron chi connectivity index (χ3n) is 2.57. The number of halogens is 1. The number of methoxy groups -OCH3 is 2. The van der Waals surface area contributed by atoms with Crippen molar-refractivity contribution in [1.29, 1.82) is 0 Å². The number of rotatable bonds is 7. The lowest BCUT2D eigenvalue weighted by molar-refractivity contribution is 0.325. The van der Waals surface area contributed by atoms with Gasteiger partial charge in [-0.2, -0.15) is 0 Å². The van der Waals surface area contributed by atoms with Gasteiger partial charge in [0.1, 0.15) is 0 Å². The van der Waals surface area contributed by atoms with Crippen LogP contribution in [0.2, 0.25) is 0 Å². The summed E-state index contributed by atoms with van der Waals surface area (Å²) in [7, 11) is 5.38. The topological polar surface area (TPSA) is 21.7 Å². The lowest BCUT2D eigenvalue weighted by Crippen LogP contribution is -2.19. The number of benzene rings is 1. The molecule has 0 aromatic heterocycles. The molecule has 0 saturated heterocycles. The largest absolute Gasteiger partial charge is 0.493 e. The molecule has 0 saturated carbocycles. The predicted octanol–water partition coefficient (Wildman–Crippen LogP) is 2.76. The Morgan fingerprint density at radius 2 is 1.88 bits per heavy atom. The minimum atomic E-state index is 0.705. The number of hydrogen-bond acceptors (Lipinski definition) is 3. The van der Waals surface area contributed by atoms with Gasteiger partial charge in [0.2, 0.25) is 0 Å². The predicted molar refractivity (Wildman–Crippen MR) is 71.2 cm³/mol. The zero-order valence-corrected chi connectivity index (χ0v) is 11.5. The van der Waals surface area contributed by atoms with Crippen LogP contribution in [0, 0.1) is 0 Å². The molecular formula is C13H20ClNO2. The van der Waals surface area contributed by atoms with E-state index in [1.54, 1.807) is 14.2 Å². The molecule has 0 spiro atoms. The summed E-state index contributed by atoms with van der Waals surface area (Å²) in [4.78, 5) is 2.24. The van der Waals surface area contributed by atoms with Crippen molar-refractivity contribution in [2.45, 2.75) is 13.0 Å². The Morgan fingerprint density at radius 1 is 1.18 bits per heavy atom. The van der Waals surface area contributed by atoms with Gasteiger partial charge >= 0.3 is 0 Å². The van der Waals surface area contributed by atoms with Gasteiger partial charge in [0, 0.05) is 12.4 Å². The third-order valence-corrected chi connectivity index (χ3v) is 2.84. The van der Waals surface area contributed by atoms with Gasteiger partial charge in [0.05, 0.1) is 14.2 Å². The summed E-state index contributed by atoms with van der Waals surface area (Å²) in [5, 5.41) is 0. The second-order valence-corrected chi connectivity index (χ2v) is 4.35. The zero-order chi connectivity index (χ0) is 12.7. The molecule has 0 heterocycles. The maximum absolute atomic E-state index is 5.67. The van der Waals surface area contributed by atoms with Crippen LogP contribution in [-0.2, 0) is 6.54 Å². The monoisotopic (exact) mass is 257 g/mol. The van der Waals surface area contributed by atoms with Gasteiger partial charge in [-0.1, -0.05) is 6.07 Å². The van der Waals surface area contributed by atoms with E-state index in [0.717, 1.165) is 31.0 Å². The molecule has 0 atom stereocenters. The van der Waals surface area contributed by atoms with Crippen molar-refractivity contribution in [3.05, 3.63) is 23.8 Å². The fourth-order valence-corrected chi connectivity index (χ4v) is 1.82. The summed E-state index contributed by atoms with van der Waals surface area (Å²) in [6.45, 7) is 1.88. The average molecular weight is 258 g/mol. The van der Waals surface area contributed by atoms with Gasteiger partial charge in [0.15, 0.2) is 11.5 Å². The van der Waals surface area contributed by atoms with E-state index in [9.17, 15) is 0 Å². The van der Waals surface area contributed by atoms with Crippen molar-refractivity contribution in [3.8, 4) is 11.5 Å². The first-order valence-corrected chi connectivity index (χ1v) is 6.20. The molecule has 0 aliphatic rings. The first-order valence-electron chi connectivity index (χ1n) is 5.66. The van der Waals surface area contributed by atoms with E-state index in [-0.39, 0.29) is 0 Å². The minimum Gasteiger partial charge on any atom is -0.493 e. The number of alkyl halides is 1. The van der Waals surface area contributed by atoms with E-state index in [2.05, 4.69) is 18.0 Å². The molecule has 4 heteroatoms. The Labute approximate surface area is 108 Å². The quantitative estimate of drug-likeness (QED) is 0.701. The first-order chi connectivity index (χ1) is 8.21. The maximum atomic E-state index is 5.67. The standard InChI is InChI=1S/C13H20ClNO2/c1-15(8-4-7-14)10-11-5-6-12(16-2)13(9-11)17-3/h5-6,9H,4,7-8,10H2,1-3H3. The van der Waals surface area contributed by atoms with Crippen LogP contribution >= 0.6 is 11.6 Å². The second kappa shape index (κ2) is 7.41. The SMILES string of the molecule is COc1ccc(CN(C)CCCCl)cc1OC. The van der Waals surface area contributed by atoms with Crippen LogP contribution in [-0.4, -0.2) is 38.6 Å². The third kappa shape index (κ3) is 4.44. The first kappa shape index (κ1) is 14.1. The van der Waals surface area contributed by atoms with Crippen LogP contribution in [0.5, 0.6) is 11.5 Å². The van der Waals surface area contributed by atoms with Crippen molar-refractivity contribution in [3.63, 3.8) is 0 Å². The van der Waals surface area contributed by atoms with Gasteiger partial charge < -0.3 is 14.4 Å². The molecule has 0 aliphatic carbocycles. The Morgan fingerprint density at radius 3 is 2.47 bits per heavy atom. The zero-order valence-electron chi connectivity index (χ0n) is 10.7. The molecule has 1 aromatic rings. The number of nitrogens with zero attached hydrogens (tertiary/aromatic N) is 1. The van der Waals surface area contributed by atoms with Crippen LogP contribution in [0.1, 0.15) is 12.0 Å². The summed E-state index contributed by atoms with van der Waals surface area (Å²) in [5.41, 5.74) is 1.21. The smallest absolute Gasteiger partial charge is 0.161 e. The van der Waals surface area contributed by atoms with Gasteiger partial charge in [-0.25, -0.2) is 0 Å². The molecule has 0 unspecified atom stereocenters. The highest BCUT2D eigenvalue weighted by atomic mass is 35.5. The van der Waals surface area contributed by atoms with Crippen LogP contribution in [0.25, 0.3) is 0 Å². The lowest BCUT2D eigenvalue weighted by Gasteiger charge is -2.17. The van der Waals surface area contributed by atoms with E-state index in [4.69, 9.17) is 21.1 Å². The van der Waals surface area contributed by atoms with E-state index in [0.29, 0.717) is 5.88 Å². The molecule has 0 radical (unpaired) electrons. The van der Waals surface area contributed by atoms with Crippen molar-refractivity contribution in [2.24, 2.45) is 0 Å². The Kier molecular flexibility index (Phi) is 6.16. The summed E-state index contributed by atoms with van der Waals surface area (Å²) < 4.78 is 10.5. The number of hydrogen-bond donors (Lipinski definition) is 0. The molecule has 3 nitrogen and oxygen atoms in total. The molecule has 0 fully saturated rings. The molecule has 96 valence electrons. The second-order valence-electron chi connectivity index (χ2n) is 3.97. The highest BCUT2D eigenvalue weighted by Gasteiger charge is 2.06. The Bertz CT molecular complexity index is 344. The molecule has 17 heavy (non-hydrogen) atoms. The van der Waals surface area contributed by atoms with Crippen LogP contribution in [0.4, 0.5) is 0 Å². The maximum Gasteiger partial charge on any atom is 0.161 e. The molecule has 0 bridgehead atoms. The van der Waals surface area contributed by atoms with Gasteiger partial charge in [-0.15, -0.1) is 11.6 Å². The molecular weight excluding hydrogens is 238 g/mol. The van der Waals surface area contributed by atoms with Crippen LogP contribution in [0.3, 0.4) is 0 Å². The summed E-state index contributed by atoms with van der Waals surface area (Å²) >= 11 is 5.67. The lowest BCUT2D eigenvalue weighted by atomic mass is 10.2. The van der Waals surface area contributed by atoms with E-state index in [1.165, 1.54) is 5.56 Å². The van der Waals surface area contributed by atoms with E-state index < -0.39 is 0 Å². The Balaban J connectivity index is 2.65. The van der Waals surface area contributed by atoms with E-state index in [1.807, 2.05) is 12.1 Å². The van der Waals surface area contributed by atoms with Gasteiger partial charge in [-0.3, -0.25) is 0 Å². The highest BCUT2D eigenvalue weighted by Crippen LogP contribution is 2.27. The highest BCUT2D eigenvalue weighted by molar-refractivity contribution is 6.17. The molecule has 0 amide bonds. The minimum absolute atomic E-state index is 0.705. The summed E-state index contributed by atoms with van der Waals surface area (Å²) in [6, 6.07) is 6.00. The van der Waals surface area contributed by atoms with Gasteiger partial charge in [0.25, 0.3) is 0 Å². The molecule has 0 N–H and O–H groups in total. The van der Waals surface area contributed by atoms with Crippen molar-refractivity contribution >= 4 is 11.6 Å². The average Bonchev–Trinajstić information content (AvgIpc) is 2.36.